The van der Waals surface area contributed by atoms with Gasteiger partial charge in [-0.25, -0.2) is 0 Å². The molecule has 1 unspecified atom stereocenters. The number of morpholine rings is 1. The van der Waals surface area contributed by atoms with Crippen LogP contribution >= 0.6 is 0 Å². The van der Waals surface area contributed by atoms with E-state index in [1.54, 1.807) is 0 Å². The van der Waals surface area contributed by atoms with E-state index in [2.05, 4.69) is 29.2 Å². The summed E-state index contributed by atoms with van der Waals surface area (Å²) in [7, 11) is 0. The van der Waals surface area contributed by atoms with Gasteiger partial charge in [-0.1, -0.05) is 42.5 Å². The SMILES string of the molecule is O=C(Cc1ccc2ccccc2c1)N1CCC2(CCN(CCN3CCOCC3)C2=O)C1. The molecule has 164 valence electrons. The number of carbonyl (C=O) groups excluding carboxylic acids is 2. The monoisotopic (exact) mass is 421 g/mol. The smallest absolute Gasteiger partial charge is 0.230 e. The maximum atomic E-state index is 13.2. The molecule has 1 spiro atoms. The highest BCUT2D eigenvalue weighted by molar-refractivity contribution is 5.88. The van der Waals surface area contributed by atoms with Crippen molar-refractivity contribution < 1.29 is 14.3 Å². The van der Waals surface area contributed by atoms with Crippen molar-refractivity contribution >= 4 is 22.6 Å². The molecular formula is C25H31N3O3. The topological polar surface area (TPSA) is 53.1 Å². The maximum absolute atomic E-state index is 13.2. The van der Waals surface area contributed by atoms with Crippen molar-refractivity contribution in [3.63, 3.8) is 0 Å². The van der Waals surface area contributed by atoms with E-state index in [9.17, 15) is 9.59 Å². The standard InChI is InChI=1S/C25H31N3O3/c29-23(18-20-5-6-21-3-1-2-4-22(21)17-20)28-10-8-25(19-28)7-9-27(24(25)30)12-11-26-13-15-31-16-14-26/h1-6,17H,7-16,18-19H2. The molecule has 3 fully saturated rings. The normalized spacial score (nSPS) is 24.6. The van der Waals surface area contributed by atoms with Crippen LogP contribution in [0, 0.1) is 5.41 Å². The van der Waals surface area contributed by atoms with Gasteiger partial charge in [-0.2, -0.15) is 0 Å². The number of amides is 2. The predicted molar refractivity (Wildman–Crippen MR) is 120 cm³/mol. The van der Waals surface area contributed by atoms with Gasteiger partial charge >= 0.3 is 0 Å². The van der Waals surface area contributed by atoms with Gasteiger partial charge in [0, 0.05) is 45.8 Å². The number of carbonyl (C=O) groups is 2. The Balaban J connectivity index is 1.17. The molecule has 3 saturated heterocycles. The zero-order valence-corrected chi connectivity index (χ0v) is 18.1. The summed E-state index contributed by atoms with van der Waals surface area (Å²) < 4.78 is 5.41. The molecular weight excluding hydrogens is 390 g/mol. The van der Waals surface area contributed by atoms with Crippen molar-refractivity contribution in [2.45, 2.75) is 19.3 Å². The molecule has 0 N–H and O–H groups in total. The molecule has 2 aromatic rings. The second kappa shape index (κ2) is 8.60. The minimum Gasteiger partial charge on any atom is -0.379 e. The van der Waals surface area contributed by atoms with Crippen LogP contribution in [0.5, 0.6) is 0 Å². The summed E-state index contributed by atoms with van der Waals surface area (Å²) in [6, 6.07) is 14.4. The van der Waals surface area contributed by atoms with Crippen LogP contribution < -0.4 is 0 Å². The molecule has 0 saturated carbocycles. The van der Waals surface area contributed by atoms with Crippen LogP contribution in [0.4, 0.5) is 0 Å². The second-order valence-electron chi connectivity index (χ2n) is 9.20. The summed E-state index contributed by atoms with van der Waals surface area (Å²) in [5.41, 5.74) is 0.680. The van der Waals surface area contributed by atoms with E-state index in [1.165, 1.54) is 5.39 Å². The Morgan fingerprint density at radius 2 is 1.71 bits per heavy atom. The van der Waals surface area contributed by atoms with Crippen molar-refractivity contribution in [2.75, 3.05) is 59.0 Å². The Hall–Kier alpha value is -2.44. The van der Waals surface area contributed by atoms with Crippen molar-refractivity contribution in [1.29, 1.82) is 0 Å². The number of ether oxygens (including phenoxy) is 1. The molecule has 1 atom stereocenters. The minimum absolute atomic E-state index is 0.131. The van der Waals surface area contributed by atoms with Crippen molar-refractivity contribution in [3.05, 3.63) is 48.0 Å². The van der Waals surface area contributed by atoms with E-state index in [0.29, 0.717) is 19.5 Å². The van der Waals surface area contributed by atoms with Gasteiger partial charge in [0.25, 0.3) is 0 Å². The molecule has 3 aliphatic heterocycles. The van der Waals surface area contributed by atoms with E-state index in [0.717, 1.165) is 69.7 Å². The maximum Gasteiger partial charge on any atom is 0.230 e. The summed E-state index contributed by atoms with van der Waals surface area (Å²) in [6.07, 6.45) is 2.06. The minimum atomic E-state index is -0.357. The van der Waals surface area contributed by atoms with Crippen LogP contribution in [-0.2, 0) is 20.7 Å². The zero-order chi connectivity index (χ0) is 21.3. The summed E-state index contributed by atoms with van der Waals surface area (Å²) >= 11 is 0. The summed E-state index contributed by atoms with van der Waals surface area (Å²) in [4.78, 5) is 32.5. The van der Waals surface area contributed by atoms with E-state index in [-0.39, 0.29) is 17.2 Å². The fraction of sp³-hybridized carbons (Fsp3) is 0.520. The van der Waals surface area contributed by atoms with Gasteiger partial charge in [0.05, 0.1) is 25.0 Å². The lowest BCUT2D eigenvalue weighted by molar-refractivity contribution is -0.136. The van der Waals surface area contributed by atoms with Crippen molar-refractivity contribution in [1.82, 2.24) is 14.7 Å². The zero-order valence-electron chi connectivity index (χ0n) is 18.1. The van der Waals surface area contributed by atoms with E-state index >= 15 is 0 Å². The van der Waals surface area contributed by atoms with Crippen LogP contribution in [0.2, 0.25) is 0 Å². The molecule has 6 heteroatoms. The Morgan fingerprint density at radius 3 is 2.55 bits per heavy atom. The molecule has 2 aromatic carbocycles. The molecule has 3 aliphatic rings. The lowest BCUT2D eigenvalue weighted by Gasteiger charge is -2.29. The number of benzene rings is 2. The fourth-order valence-corrected chi connectivity index (χ4v) is 5.29. The van der Waals surface area contributed by atoms with Gasteiger partial charge in [-0.05, 0) is 29.2 Å². The lowest BCUT2D eigenvalue weighted by Crippen LogP contribution is -2.44. The summed E-state index contributed by atoms with van der Waals surface area (Å²) in [5.74, 6) is 0.383. The summed E-state index contributed by atoms with van der Waals surface area (Å²) in [5, 5.41) is 2.35. The molecule has 2 amide bonds. The number of rotatable bonds is 5. The van der Waals surface area contributed by atoms with Gasteiger partial charge in [-0.3, -0.25) is 14.5 Å². The first kappa shape index (κ1) is 20.5. The van der Waals surface area contributed by atoms with Crippen molar-refractivity contribution in [2.24, 2.45) is 5.41 Å². The van der Waals surface area contributed by atoms with E-state index < -0.39 is 0 Å². The molecule has 0 aromatic heterocycles. The fourth-order valence-electron chi connectivity index (χ4n) is 5.29. The van der Waals surface area contributed by atoms with Gasteiger partial charge in [0.15, 0.2) is 0 Å². The number of fused-ring (bicyclic) bond motifs is 1. The van der Waals surface area contributed by atoms with Crippen molar-refractivity contribution in [3.8, 4) is 0 Å². The van der Waals surface area contributed by atoms with Crippen LogP contribution in [0.3, 0.4) is 0 Å². The average Bonchev–Trinajstić information content (AvgIpc) is 3.38. The quantitative estimate of drug-likeness (QED) is 0.743. The Morgan fingerprint density at radius 1 is 0.935 bits per heavy atom. The molecule has 0 radical (unpaired) electrons. The van der Waals surface area contributed by atoms with Gasteiger partial charge in [0.2, 0.25) is 11.8 Å². The first-order valence-electron chi connectivity index (χ1n) is 11.5. The van der Waals surface area contributed by atoms with Crippen LogP contribution in [0.15, 0.2) is 42.5 Å². The highest BCUT2D eigenvalue weighted by Gasteiger charge is 2.51. The predicted octanol–water partition coefficient (Wildman–Crippen LogP) is 2.17. The molecule has 0 aliphatic carbocycles. The van der Waals surface area contributed by atoms with Gasteiger partial charge in [-0.15, -0.1) is 0 Å². The average molecular weight is 422 g/mol. The van der Waals surface area contributed by atoms with E-state index in [4.69, 9.17) is 4.74 Å². The third-order valence-corrected chi connectivity index (χ3v) is 7.27. The lowest BCUT2D eigenvalue weighted by atomic mass is 9.85. The highest BCUT2D eigenvalue weighted by Crippen LogP contribution is 2.40. The highest BCUT2D eigenvalue weighted by atomic mass is 16.5. The summed E-state index contributed by atoms with van der Waals surface area (Å²) in [6.45, 7) is 7.24. The number of hydrogen-bond donors (Lipinski definition) is 0. The molecule has 0 bridgehead atoms. The van der Waals surface area contributed by atoms with Gasteiger partial charge in [0.1, 0.15) is 0 Å². The second-order valence-corrected chi connectivity index (χ2v) is 9.20. The third kappa shape index (κ3) is 4.19. The van der Waals surface area contributed by atoms with Crippen LogP contribution in [-0.4, -0.2) is 85.5 Å². The largest absolute Gasteiger partial charge is 0.379 e. The van der Waals surface area contributed by atoms with E-state index in [1.807, 2.05) is 28.0 Å². The Bertz CT molecular complexity index is 971. The first-order chi connectivity index (χ1) is 15.1. The van der Waals surface area contributed by atoms with Crippen LogP contribution in [0.1, 0.15) is 18.4 Å². The third-order valence-electron chi connectivity index (χ3n) is 7.27. The number of hydrogen-bond acceptors (Lipinski definition) is 4. The Labute approximate surface area is 183 Å². The molecule has 6 nitrogen and oxygen atoms in total. The first-order valence-corrected chi connectivity index (χ1v) is 11.5. The Kier molecular flexibility index (Phi) is 5.67. The van der Waals surface area contributed by atoms with Crippen LogP contribution in [0.25, 0.3) is 10.8 Å². The van der Waals surface area contributed by atoms with Gasteiger partial charge < -0.3 is 14.5 Å². The number of nitrogens with zero attached hydrogens (tertiary/aromatic N) is 3. The number of likely N-dealkylation sites (tertiary alicyclic amines) is 2. The molecule has 31 heavy (non-hydrogen) atoms. The molecule has 5 rings (SSSR count). The molecule has 3 heterocycles.